The van der Waals surface area contributed by atoms with Crippen LogP contribution in [0.5, 0.6) is 11.5 Å². The SMILES string of the molecule is COc1cc(CO)c([N+](=O)[O-])cc1OC.Cc1ccccc1. The molecule has 0 bridgehead atoms. The van der Waals surface area contributed by atoms with Gasteiger partial charge in [-0.2, -0.15) is 0 Å². The van der Waals surface area contributed by atoms with Gasteiger partial charge >= 0.3 is 0 Å². The molecule has 0 saturated heterocycles. The number of ether oxygens (including phenoxy) is 2. The normalized spacial score (nSPS) is 9.45. The summed E-state index contributed by atoms with van der Waals surface area (Å²) in [5.41, 5.74) is 1.33. The lowest BCUT2D eigenvalue weighted by Crippen LogP contribution is -1.99. The van der Waals surface area contributed by atoms with E-state index in [9.17, 15) is 10.1 Å². The number of nitro benzene ring substituents is 1. The van der Waals surface area contributed by atoms with Crippen molar-refractivity contribution in [3.8, 4) is 11.5 Å². The predicted molar refractivity (Wildman–Crippen MR) is 83.3 cm³/mol. The Morgan fingerprint density at radius 3 is 2.00 bits per heavy atom. The van der Waals surface area contributed by atoms with Crippen LogP contribution in [-0.4, -0.2) is 24.2 Å². The van der Waals surface area contributed by atoms with Crippen LogP contribution < -0.4 is 9.47 Å². The lowest BCUT2D eigenvalue weighted by molar-refractivity contribution is -0.385. The van der Waals surface area contributed by atoms with Gasteiger partial charge in [-0.15, -0.1) is 0 Å². The van der Waals surface area contributed by atoms with Crippen molar-refractivity contribution >= 4 is 5.69 Å². The van der Waals surface area contributed by atoms with E-state index in [1.54, 1.807) is 0 Å². The molecule has 0 heterocycles. The quantitative estimate of drug-likeness (QED) is 0.693. The van der Waals surface area contributed by atoms with E-state index < -0.39 is 11.5 Å². The fraction of sp³-hybridized carbons (Fsp3) is 0.250. The molecule has 0 saturated carbocycles. The molecule has 0 aromatic heterocycles. The molecule has 0 unspecified atom stereocenters. The second kappa shape index (κ2) is 8.63. The van der Waals surface area contributed by atoms with Crippen LogP contribution in [0.15, 0.2) is 42.5 Å². The van der Waals surface area contributed by atoms with Gasteiger partial charge in [0.1, 0.15) is 0 Å². The summed E-state index contributed by atoms with van der Waals surface area (Å²) in [6, 6.07) is 12.9. The molecule has 0 aliphatic heterocycles. The molecule has 2 rings (SSSR count). The molecule has 6 nitrogen and oxygen atoms in total. The second-order valence-corrected chi connectivity index (χ2v) is 4.41. The van der Waals surface area contributed by atoms with Crippen LogP contribution in [0.25, 0.3) is 0 Å². The highest BCUT2D eigenvalue weighted by molar-refractivity contribution is 5.53. The van der Waals surface area contributed by atoms with Crippen molar-refractivity contribution < 1.29 is 19.5 Å². The van der Waals surface area contributed by atoms with E-state index in [0.717, 1.165) is 0 Å². The Balaban J connectivity index is 0.000000287. The summed E-state index contributed by atoms with van der Waals surface area (Å²) in [7, 11) is 2.81. The molecule has 0 spiro atoms. The number of methoxy groups -OCH3 is 2. The molecule has 1 N–H and O–H groups in total. The number of aryl methyl sites for hydroxylation is 1. The Labute approximate surface area is 129 Å². The number of hydrogen-bond donors (Lipinski definition) is 1. The van der Waals surface area contributed by atoms with E-state index in [2.05, 4.69) is 19.1 Å². The van der Waals surface area contributed by atoms with E-state index in [1.165, 1.54) is 31.9 Å². The molecular formula is C16H19NO5. The number of aliphatic hydroxyl groups is 1. The molecule has 0 radical (unpaired) electrons. The van der Waals surface area contributed by atoms with Gasteiger partial charge in [0.05, 0.1) is 37.4 Å². The monoisotopic (exact) mass is 305 g/mol. The maximum Gasteiger partial charge on any atom is 0.278 e. The second-order valence-electron chi connectivity index (χ2n) is 4.41. The van der Waals surface area contributed by atoms with E-state index in [4.69, 9.17) is 14.6 Å². The maximum atomic E-state index is 10.6. The first-order chi connectivity index (χ1) is 10.5. The van der Waals surface area contributed by atoms with Crippen molar-refractivity contribution in [2.45, 2.75) is 13.5 Å². The molecule has 0 amide bonds. The summed E-state index contributed by atoms with van der Waals surface area (Å²) in [6.07, 6.45) is 0. The minimum Gasteiger partial charge on any atom is -0.493 e. The van der Waals surface area contributed by atoms with Crippen LogP contribution in [0.2, 0.25) is 0 Å². The summed E-state index contributed by atoms with van der Waals surface area (Å²) in [5.74, 6) is 0.619. The van der Waals surface area contributed by atoms with Gasteiger partial charge in [0.15, 0.2) is 11.5 Å². The lowest BCUT2D eigenvalue weighted by atomic mass is 10.1. The number of hydrogen-bond acceptors (Lipinski definition) is 5. The minimum atomic E-state index is -0.576. The molecular weight excluding hydrogens is 286 g/mol. The van der Waals surface area contributed by atoms with Crippen molar-refractivity contribution in [3.63, 3.8) is 0 Å². The molecule has 6 heteroatoms. The van der Waals surface area contributed by atoms with Gasteiger partial charge in [0, 0.05) is 0 Å². The zero-order valence-electron chi connectivity index (χ0n) is 12.8. The van der Waals surface area contributed by atoms with Crippen LogP contribution >= 0.6 is 0 Å². The fourth-order valence-electron chi connectivity index (χ4n) is 1.74. The van der Waals surface area contributed by atoms with Crippen molar-refractivity contribution in [2.75, 3.05) is 14.2 Å². The first-order valence-electron chi connectivity index (χ1n) is 6.55. The standard InChI is InChI=1S/C9H11NO5.C7H8/c1-14-8-3-6(5-11)7(10(12)13)4-9(8)15-2;1-7-5-3-2-4-6-7/h3-4,11H,5H2,1-2H3;2-6H,1H3. The van der Waals surface area contributed by atoms with Gasteiger partial charge in [0.25, 0.3) is 5.69 Å². The highest BCUT2D eigenvalue weighted by atomic mass is 16.6. The third-order valence-corrected chi connectivity index (χ3v) is 2.89. The van der Waals surface area contributed by atoms with Gasteiger partial charge in [0.2, 0.25) is 0 Å². The Morgan fingerprint density at radius 2 is 1.64 bits per heavy atom. The molecule has 22 heavy (non-hydrogen) atoms. The number of benzene rings is 2. The van der Waals surface area contributed by atoms with Crippen molar-refractivity contribution in [3.05, 3.63) is 63.7 Å². The van der Waals surface area contributed by atoms with E-state index in [0.29, 0.717) is 5.75 Å². The lowest BCUT2D eigenvalue weighted by Gasteiger charge is -2.08. The first kappa shape index (κ1) is 17.5. The van der Waals surface area contributed by atoms with Crippen molar-refractivity contribution in [2.24, 2.45) is 0 Å². The largest absolute Gasteiger partial charge is 0.493 e. The number of aliphatic hydroxyl groups excluding tert-OH is 1. The number of nitro groups is 1. The zero-order valence-corrected chi connectivity index (χ0v) is 12.8. The third-order valence-electron chi connectivity index (χ3n) is 2.89. The summed E-state index contributed by atoms with van der Waals surface area (Å²) in [6.45, 7) is 1.66. The average molecular weight is 305 g/mol. The summed E-state index contributed by atoms with van der Waals surface area (Å²) < 4.78 is 9.87. The van der Waals surface area contributed by atoms with Crippen LogP contribution in [0.4, 0.5) is 5.69 Å². The highest BCUT2D eigenvalue weighted by Gasteiger charge is 2.18. The Morgan fingerprint density at radius 1 is 1.09 bits per heavy atom. The van der Waals surface area contributed by atoms with Gasteiger partial charge in [-0.3, -0.25) is 10.1 Å². The van der Waals surface area contributed by atoms with Gasteiger partial charge < -0.3 is 14.6 Å². The molecule has 0 aliphatic carbocycles. The summed E-state index contributed by atoms with van der Waals surface area (Å²) in [5, 5.41) is 19.6. The van der Waals surface area contributed by atoms with Gasteiger partial charge in [-0.1, -0.05) is 35.9 Å². The maximum absolute atomic E-state index is 10.6. The van der Waals surface area contributed by atoms with E-state index in [1.807, 2.05) is 18.2 Å². The Hall–Kier alpha value is -2.60. The topological polar surface area (TPSA) is 81.8 Å². The fourth-order valence-corrected chi connectivity index (χ4v) is 1.74. The molecule has 2 aromatic rings. The molecule has 0 fully saturated rings. The van der Waals surface area contributed by atoms with Crippen LogP contribution in [0.1, 0.15) is 11.1 Å². The third kappa shape index (κ3) is 4.75. The summed E-state index contributed by atoms with van der Waals surface area (Å²) >= 11 is 0. The van der Waals surface area contributed by atoms with E-state index >= 15 is 0 Å². The summed E-state index contributed by atoms with van der Waals surface area (Å²) in [4.78, 5) is 10.1. The number of nitrogens with zero attached hydrogens (tertiary/aromatic N) is 1. The van der Waals surface area contributed by atoms with Gasteiger partial charge in [-0.25, -0.2) is 0 Å². The van der Waals surface area contributed by atoms with E-state index in [-0.39, 0.29) is 17.0 Å². The smallest absolute Gasteiger partial charge is 0.278 e. The van der Waals surface area contributed by atoms with Crippen LogP contribution in [-0.2, 0) is 6.61 Å². The van der Waals surface area contributed by atoms with Gasteiger partial charge in [-0.05, 0) is 13.0 Å². The average Bonchev–Trinajstić information content (AvgIpc) is 2.54. The Bertz CT molecular complexity index is 613. The molecule has 2 aromatic carbocycles. The Kier molecular flexibility index (Phi) is 6.85. The van der Waals surface area contributed by atoms with Crippen LogP contribution in [0.3, 0.4) is 0 Å². The minimum absolute atomic E-state index is 0.185. The number of rotatable bonds is 4. The van der Waals surface area contributed by atoms with Crippen molar-refractivity contribution in [1.29, 1.82) is 0 Å². The van der Waals surface area contributed by atoms with Crippen LogP contribution in [0, 0.1) is 17.0 Å². The predicted octanol–water partition coefficient (Wildman–Crippen LogP) is 3.10. The molecule has 0 aliphatic rings. The van der Waals surface area contributed by atoms with Crippen molar-refractivity contribution in [1.82, 2.24) is 0 Å². The molecule has 0 atom stereocenters. The first-order valence-corrected chi connectivity index (χ1v) is 6.55. The molecule has 118 valence electrons. The highest BCUT2D eigenvalue weighted by Crippen LogP contribution is 2.34. The zero-order chi connectivity index (χ0) is 16.5.